The Bertz CT molecular complexity index is 492. The van der Waals surface area contributed by atoms with Crippen LogP contribution in [-0.4, -0.2) is 11.9 Å². The number of rotatable bonds is 1. The van der Waals surface area contributed by atoms with Gasteiger partial charge in [0.05, 0.1) is 0 Å². The summed E-state index contributed by atoms with van der Waals surface area (Å²) < 4.78 is 5.99. The number of Topliss-reactive ketones (excluding diaryl/α,β-unsaturated/α-hetero) is 1. The molecule has 2 nitrogen and oxygen atoms in total. The lowest BCUT2D eigenvalue weighted by molar-refractivity contribution is -0.125. The lowest BCUT2D eigenvalue weighted by Gasteiger charge is -2.23. The van der Waals surface area contributed by atoms with Gasteiger partial charge in [-0.25, -0.2) is 0 Å². The number of carbonyl (C=O) groups excluding carboxylic acids is 1. The fraction of sp³-hybridized carbons (Fsp3) is 0.562. The molecule has 98 valence electrons. The van der Waals surface area contributed by atoms with Gasteiger partial charge in [0.2, 0.25) is 0 Å². The largest absolute Gasteiger partial charge is 0.481 e. The van der Waals surface area contributed by atoms with Gasteiger partial charge in [-0.05, 0) is 17.9 Å². The highest BCUT2D eigenvalue weighted by Gasteiger charge is 2.45. The monoisotopic (exact) mass is 246 g/mol. The van der Waals surface area contributed by atoms with Crippen molar-refractivity contribution in [1.82, 2.24) is 0 Å². The number of benzene rings is 1. The van der Waals surface area contributed by atoms with Crippen LogP contribution in [-0.2, 0) is 15.6 Å². The van der Waals surface area contributed by atoms with E-state index in [4.69, 9.17) is 4.74 Å². The maximum atomic E-state index is 11.8. The van der Waals surface area contributed by atoms with E-state index in [0.29, 0.717) is 0 Å². The molecule has 1 atom stereocenters. The molecule has 0 saturated carbocycles. The predicted octanol–water partition coefficient (Wildman–Crippen LogP) is 3.61. The minimum absolute atomic E-state index is 0.0209. The van der Waals surface area contributed by atoms with Crippen molar-refractivity contribution in [1.29, 1.82) is 0 Å². The van der Waals surface area contributed by atoms with Crippen molar-refractivity contribution >= 4 is 5.78 Å². The highest BCUT2D eigenvalue weighted by molar-refractivity contribution is 5.84. The van der Waals surface area contributed by atoms with Gasteiger partial charge in [0.25, 0.3) is 0 Å². The SMILES string of the molecule is CC(=O)C1Oc2c(C(C)(C)C)cccc2C1(C)C. The van der Waals surface area contributed by atoms with E-state index in [2.05, 4.69) is 52.8 Å². The van der Waals surface area contributed by atoms with Crippen LogP contribution in [0.5, 0.6) is 5.75 Å². The zero-order valence-electron chi connectivity index (χ0n) is 12.1. The van der Waals surface area contributed by atoms with Gasteiger partial charge in [-0.15, -0.1) is 0 Å². The fourth-order valence-electron chi connectivity index (χ4n) is 2.76. The van der Waals surface area contributed by atoms with E-state index >= 15 is 0 Å². The molecule has 0 fully saturated rings. The first-order chi connectivity index (χ1) is 8.15. The fourth-order valence-corrected chi connectivity index (χ4v) is 2.76. The molecule has 0 amide bonds. The average molecular weight is 246 g/mol. The van der Waals surface area contributed by atoms with E-state index in [-0.39, 0.29) is 22.7 Å². The third kappa shape index (κ3) is 1.84. The van der Waals surface area contributed by atoms with Gasteiger partial charge < -0.3 is 4.74 Å². The van der Waals surface area contributed by atoms with Crippen LogP contribution in [0.15, 0.2) is 18.2 Å². The van der Waals surface area contributed by atoms with Crippen LogP contribution >= 0.6 is 0 Å². The number of hydrogen-bond acceptors (Lipinski definition) is 2. The first kappa shape index (κ1) is 13.1. The van der Waals surface area contributed by atoms with Crippen LogP contribution in [0.2, 0.25) is 0 Å². The molecule has 1 aliphatic heterocycles. The van der Waals surface area contributed by atoms with Crippen LogP contribution in [0, 0.1) is 0 Å². The Morgan fingerprint density at radius 3 is 2.39 bits per heavy atom. The summed E-state index contributed by atoms with van der Waals surface area (Å²) in [7, 11) is 0. The van der Waals surface area contributed by atoms with E-state index in [9.17, 15) is 4.79 Å². The van der Waals surface area contributed by atoms with Crippen molar-refractivity contribution < 1.29 is 9.53 Å². The molecule has 1 unspecified atom stereocenters. The van der Waals surface area contributed by atoms with Crippen LogP contribution in [0.4, 0.5) is 0 Å². The first-order valence-electron chi connectivity index (χ1n) is 6.47. The molecule has 1 aromatic carbocycles. The molecule has 18 heavy (non-hydrogen) atoms. The summed E-state index contributed by atoms with van der Waals surface area (Å²) in [6.07, 6.45) is -0.365. The molecule has 1 aromatic rings. The molecule has 1 aliphatic rings. The van der Waals surface area contributed by atoms with E-state index in [0.717, 1.165) is 11.3 Å². The van der Waals surface area contributed by atoms with Crippen molar-refractivity contribution in [2.75, 3.05) is 0 Å². The molecular weight excluding hydrogens is 224 g/mol. The van der Waals surface area contributed by atoms with Crippen LogP contribution in [0.3, 0.4) is 0 Å². The predicted molar refractivity (Wildman–Crippen MR) is 73.3 cm³/mol. The minimum atomic E-state index is -0.365. The average Bonchev–Trinajstić information content (AvgIpc) is 2.49. The molecule has 0 spiro atoms. The third-order valence-corrected chi connectivity index (χ3v) is 3.78. The standard InChI is InChI=1S/C16H22O2/c1-10(17)14-16(5,6)12-9-7-8-11(13(12)18-14)15(2,3)4/h7-9,14H,1-6H3. The normalized spacial score (nSPS) is 21.3. The number of carbonyl (C=O) groups is 1. The highest BCUT2D eigenvalue weighted by Crippen LogP contribution is 2.47. The van der Waals surface area contributed by atoms with E-state index < -0.39 is 0 Å². The molecule has 2 heteroatoms. The summed E-state index contributed by atoms with van der Waals surface area (Å²) in [6.45, 7) is 12.3. The Kier molecular flexibility index (Phi) is 2.80. The second kappa shape index (κ2) is 3.84. The minimum Gasteiger partial charge on any atom is -0.481 e. The molecular formula is C16H22O2. The van der Waals surface area contributed by atoms with Crippen molar-refractivity contribution in [2.45, 2.75) is 58.5 Å². The summed E-state index contributed by atoms with van der Waals surface area (Å²) in [5.74, 6) is 1.01. The van der Waals surface area contributed by atoms with Crippen molar-refractivity contribution in [3.63, 3.8) is 0 Å². The third-order valence-electron chi connectivity index (χ3n) is 3.78. The van der Waals surface area contributed by atoms with Gasteiger partial charge in [0, 0.05) is 11.0 Å². The number of hydrogen-bond donors (Lipinski definition) is 0. The number of para-hydroxylation sites is 1. The summed E-state index contributed by atoms with van der Waals surface area (Å²) in [6, 6.07) is 6.23. The summed E-state index contributed by atoms with van der Waals surface area (Å²) >= 11 is 0. The maximum absolute atomic E-state index is 11.8. The van der Waals surface area contributed by atoms with Gasteiger partial charge in [-0.3, -0.25) is 4.79 Å². The Labute approximate surface area is 109 Å². The maximum Gasteiger partial charge on any atom is 0.171 e. The molecule has 0 N–H and O–H groups in total. The number of ether oxygens (including phenoxy) is 1. The lowest BCUT2D eigenvalue weighted by Crippen LogP contribution is -2.37. The van der Waals surface area contributed by atoms with E-state index in [1.165, 1.54) is 5.56 Å². The van der Waals surface area contributed by atoms with Crippen molar-refractivity contribution in [2.24, 2.45) is 0 Å². The second-order valence-electron chi connectivity index (χ2n) is 6.76. The smallest absolute Gasteiger partial charge is 0.171 e. The van der Waals surface area contributed by atoms with Crippen LogP contribution in [0.25, 0.3) is 0 Å². The zero-order valence-corrected chi connectivity index (χ0v) is 12.1. The van der Waals surface area contributed by atoms with Crippen LogP contribution < -0.4 is 4.74 Å². The molecule has 1 heterocycles. The molecule has 2 rings (SSSR count). The number of ketones is 1. The lowest BCUT2D eigenvalue weighted by atomic mass is 9.77. The van der Waals surface area contributed by atoms with Gasteiger partial charge in [-0.2, -0.15) is 0 Å². The van der Waals surface area contributed by atoms with Crippen LogP contribution in [0.1, 0.15) is 52.7 Å². The van der Waals surface area contributed by atoms with Crippen molar-refractivity contribution in [3.05, 3.63) is 29.3 Å². The summed E-state index contributed by atoms with van der Waals surface area (Å²) in [5, 5.41) is 0. The van der Waals surface area contributed by atoms with Gasteiger partial charge in [-0.1, -0.05) is 52.8 Å². The Balaban J connectivity index is 2.61. The quantitative estimate of drug-likeness (QED) is 0.756. The number of fused-ring (bicyclic) bond motifs is 1. The first-order valence-corrected chi connectivity index (χ1v) is 6.47. The molecule has 0 aromatic heterocycles. The van der Waals surface area contributed by atoms with Crippen molar-refractivity contribution in [3.8, 4) is 5.75 Å². The highest BCUT2D eigenvalue weighted by atomic mass is 16.5. The van der Waals surface area contributed by atoms with Gasteiger partial charge >= 0.3 is 0 Å². The van der Waals surface area contributed by atoms with Gasteiger partial charge in [0.15, 0.2) is 11.9 Å². The topological polar surface area (TPSA) is 26.3 Å². The molecule has 0 bridgehead atoms. The molecule has 0 saturated heterocycles. The summed E-state index contributed by atoms with van der Waals surface area (Å²) in [4.78, 5) is 11.8. The summed E-state index contributed by atoms with van der Waals surface area (Å²) in [5.41, 5.74) is 2.10. The zero-order chi connectivity index (χ0) is 13.7. The Morgan fingerprint density at radius 2 is 1.89 bits per heavy atom. The van der Waals surface area contributed by atoms with Gasteiger partial charge in [0.1, 0.15) is 5.75 Å². The molecule has 0 aliphatic carbocycles. The molecule has 0 radical (unpaired) electrons. The second-order valence-corrected chi connectivity index (χ2v) is 6.76. The van der Waals surface area contributed by atoms with E-state index in [1.54, 1.807) is 6.92 Å². The Morgan fingerprint density at radius 1 is 1.28 bits per heavy atom. The Hall–Kier alpha value is -1.31. The van der Waals surface area contributed by atoms with E-state index in [1.807, 2.05) is 0 Å².